The Hall–Kier alpha value is -2.63. The number of rotatable bonds is 6. The van der Waals surface area contributed by atoms with Crippen molar-refractivity contribution in [1.29, 1.82) is 0 Å². The largest absolute Gasteiger partial charge is 0.497 e. The fraction of sp³-hybridized carbons (Fsp3) is 0.360. The van der Waals surface area contributed by atoms with E-state index in [1.807, 2.05) is 38.1 Å². The number of carbonyl (C=O) groups excluding carboxylic acids is 2. The molecular weight excluding hydrogens is 416 g/mol. The van der Waals surface area contributed by atoms with Crippen LogP contribution in [0.2, 0.25) is 5.02 Å². The highest BCUT2D eigenvalue weighted by molar-refractivity contribution is 6.33. The van der Waals surface area contributed by atoms with E-state index in [-0.39, 0.29) is 17.8 Å². The zero-order chi connectivity index (χ0) is 22.6. The van der Waals surface area contributed by atoms with Gasteiger partial charge in [-0.15, -0.1) is 0 Å². The van der Waals surface area contributed by atoms with Crippen molar-refractivity contribution >= 4 is 23.4 Å². The summed E-state index contributed by atoms with van der Waals surface area (Å²) in [5, 5.41) is 0.317. The highest BCUT2D eigenvalue weighted by Crippen LogP contribution is 2.37. The Morgan fingerprint density at radius 1 is 1.13 bits per heavy atom. The molecule has 0 N–H and O–H groups in total. The molecular formula is C25H27ClO5. The number of hydrogen-bond donors (Lipinski definition) is 0. The maximum absolute atomic E-state index is 12.9. The molecule has 0 fully saturated rings. The van der Waals surface area contributed by atoms with Gasteiger partial charge in [0, 0.05) is 11.8 Å². The third-order valence-corrected chi connectivity index (χ3v) is 5.80. The van der Waals surface area contributed by atoms with Crippen LogP contribution in [0.15, 0.2) is 60.2 Å². The average molecular weight is 443 g/mol. The van der Waals surface area contributed by atoms with Crippen LogP contribution >= 0.6 is 11.6 Å². The van der Waals surface area contributed by atoms with Gasteiger partial charge in [0.1, 0.15) is 18.0 Å². The van der Waals surface area contributed by atoms with Crippen molar-refractivity contribution in [3.8, 4) is 5.75 Å². The van der Waals surface area contributed by atoms with Crippen molar-refractivity contribution in [1.82, 2.24) is 0 Å². The molecule has 1 aliphatic carbocycles. The maximum atomic E-state index is 12.9. The first kappa shape index (κ1) is 23.0. The van der Waals surface area contributed by atoms with E-state index in [0.29, 0.717) is 17.2 Å². The molecule has 0 saturated carbocycles. The lowest BCUT2D eigenvalue weighted by molar-refractivity contribution is -0.121. The van der Waals surface area contributed by atoms with E-state index in [2.05, 4.69) is 0 Å². The Balaban J connectivity index is 1.86. The average Bonchev–Trinajstić information content (AvgIpc) is 2.82. The van der Waals surface area contributed by atoms with Gasteiger partial charge >= 0.3 is 5.97 Å². The lowest BCUT2D eigenvalue weighted by Crippen LogP contribution is -2.43. The Kier molecular flexibility index (Phi) is 7.19. The minimum atomic E-state index is -0.670. The minimum absolute atomic E-state index is 0.0133. The second-order valence-corrected chi connectivity index (χ2v) is 8.77. The number of Topliss-reactive ketones (excluding diaryl/α,β-unsaturated/α-hetero) is 1. The summed E-state index contributed by atoms with van der Waals surface area (Å²) >= 11 is 6.18. The van der Waals surface area contributed by atoms with Gasteiger partial charge in [0.2, 0.25) is 0 Å². The molecule has 0 aliphatic heterocycles. The van der Waals surface area contributed by atoms with Crippen molar-refractivity contribution in [3.63, 3.8) is 0 Å². The molecule has 164 valence electrons. The van der Waals surface area contributed by atoms with E-state index < -0.39 is 23.6 Å². The highest BCUT2D eigenvalue weighted by atomic mass is 35.5. The molecule has 0 spiro atoms. The fourth-order valence-corrected chi connectivity index (χ4v) is 3.82. The summed E-state index contributed by atoms with van der Waals surface area (Å²) in [6.45, 7) is 5.88. The van der Waals surface area contributed by atoms with Crippen LogP contribution in [0.4, 0.5) is 0 Å². The van der Waals surface area contributed by atoms with Crippen LogP contribution in [0.1, 0.15) is 43.1 Å². The summed E-state index contributed by atoms with van der Waals surface area (Å²) in [4.78, 5) is 25.5. The van der Waals surface area contributed by atoms with Gasteiger partial charge in [-0.2, -0.15) is 0 Å². The van der Waals surface area contributed by atoms with Crippen molar-refractivity contribution in [2.24, 2.45) is 5.41 Å². The summed E-state index contributed by atoms with van der Waals surface area (Å²) in [6.07, 6.45) is 0.745. The number of benzene rings is 2. The number of allylic oxidation sites excluding steroid dienone is 1. The van der Waals surface area contributed by atoms with Crippen molar-refractivity contribution < 1.29 is 23.8 Å². The maximum Gasteiger partial charge on any atom is 0.340 e. The second kappa shape index (κ2) is 9.67. The molecule has 2 aromatic carbocycles. The van der Waals surface area contributed by atoms with E-state index in [1.165, 1.54) is 0 Å². The predicted molar refractivity (Wildman–Crippen MR) is 119 cm³/mol. The van der Waals surface area contributed by atoms with Crippen LogP contribution in [0, 0.1) is 5.41 Å². The lowest BCUT2D eigenvalue weighted by atomic mass is 9.80. The normalized spacial score (nSPS) is 20.5. The van der Waals surface area contributed by atoms with Crippen LogP contribution < -0.4 is 4.74 Å². The summed E-state index contributed by atoms with van der Waals surface area (Å²) in [5.74, 6) is 0.230. The topological polar surface area (TPSA) is 61.8 Å². The summed E-state index contributed by atoms with van der Waals surface area (Å²) in [5.41, 5.74) is 1.19. The van der Waals surface area contributed by atoms with Gasteiger partial charge in [-0.3, -0.25) is 4.79 Å². The molecule has 2 unspecified atom stereocenters. The number of ketones is 1. The second-order valence-electron chi connectivity index (χ2n) is 8.37. The van der Waals surface area contributed by atoms with Gasteiger partial charge < -0.3 is 14.2 Å². The van der Waals surface area contributed by atoms with Crippen LogP contribution in [0.5, 0.6) is 5.75 Å². The van der Waals surface area contributed by atoms with Gasteiger partial charge in [-0.1, -0.05) is 49.7 Å². The molecule has 0 bridgehead atoms. The van der Waals surface area contributed by atoms with Gasteiger partial charge in [0.25, 0.3) is 0 Å². The van der Waals surface area contributed by atoms with Crippen LogP contribution in [-0.2, 0) is 20.9 Å². The Morgan fingerprint density at radius 3 is 2.45 bits per heavy atom. The summed E-state index contributed by atoms with van der Waals surface area (Å²) in [7, 11) is 1.61. The molecule has 0 radical (unpaired) electrons. The van der Waals surface area contributed by atoms with Gasteiger partial charge in [0.05, 0.1) is 24.3 Å². The standard InChI is InChI=1S/C25H27ClO5/c1-16-13-22(30-15-17-9-11-18(29-4)12-10-17)23(25(2,3)14-21(16)27)31-24(28)19-7-5-6-8-20(19)26/h5-13,22-23H,14-15H2,1-4H3. The number of halogens is 1. The fourth-order valence-electron chi connectivity index (χ4n) is 3.61. The molecule has 0 aromatic heterocycles. The number of carbonyl (C=O) groups is 2. The molecule has 2 atom stereocenters. The highest BCUT2D eigenvalue weighted by Gasteiger charge is 2.43. The first-order valence-electron chi connectivity index (χ1n) is 10.1. The summed E-state index contributed by atoms with van der Waals surface area (Å²) < 4.78 is 17.3. The van der Waals surface area contributed by atoms with E-state index in [1.54, 1.807) is 44.4 Å². The molecule has 0 saturated heterocycles. The zero-order valence-electron chi connectivity index (χ0n) is 18.2. The van der Waals surface area contributed by atoms with Gasteiger partial charge in [-0.25, -0.2) is 4.79 Å². The van der Waals surface area contributed by atoms with Crippen LogP contribution in [0.25, 0.3) is 0 Å². The molecule has 0 amide bonds. The lowest BCUT2D eigenvalue weighted by Gasteiger charge is -2.36. The first-order valence-corrected chi connectivity index (χ1v) is 10.5. The Morgan fingerprint density at radius 2 is 1.81 bits per heavy atom. The Labute approximate surface area is 188 Å². The van der Waals surface area contributed by atoms with Crippen LogP contribution in [-0.4, -0.2) is 31.1 Å². The van der Waals surface area contributed by atoms with Crippen LogP contribution in [0.3, 0.4) is 0 Å². The minimum Gasteiger partial charge on any atom is -0.497 e. The number of ether oxygens (including phenoxy) is 3. The molecule has 6 heteroatoms. The molecule has 5 nitrogen and oxygen atoms in total. The zero-order valence-corrected chi connectivity index (χ0v) is 18.9. The number of methoxy groups -OCH3 is 1. The van der Waals surface area contributed by atoms with Crippen molar-refractivity contribution in [2.45, 2.75) is 46.0 Å². The number of hydrogen-bond acceptors (Lipinski definition) is 5. The third kappa shape index (κ3) is 5.54. The molecule has 3 rings (SSSR count). The van der Waals surface area contributed by atoms with E-state index in [9.17, 15) is 9.59 Å². The Bertz CT molecular complexity index is 978. The molecule has 0 heterocycles. The molecule has 31 heavy (non-hydrogen) atoms. The SMILES string of the molecule is COc1ccc(COC2C=C(C)C(=O)CC(C)(C)C2OC(=O)c2ccccc2Cl)cc1. The number of esters is 1. The quantitative estimate of drug-likeness (QED) is 0.560. The monoisotopic (exact) mass is 442 g/mol. The molecule has 2 aromatic rings. The molecule has 1 aliphatic rings. The van der Waals surface area contributed by atoms with Gasteiger partial charge in [-0.05, 0) is 48.4 Å². The third-order valence-electron chi connectivity index (χ3n) is 5.47. The van der Waals surface area contributed by atoms with E-state index >= 15 is 0 Å². The van der Waals surface area contributed by atoms with E-state index in [0.717, 1.165) is 11.3 Å². The van der Waals surface area contributed by atoms with Crippen molar-refractivity contribution in [2.75, 3.05) is 7.11 Å². The van der Waals surface area contributed by atoms with Gasteiger partial charge in [0.15, 0.2) is 5.78 Å². The first-order chi connectivity index (χ1) is 14.7. The smallest absolute Gasteiger partial charge is 0.340 e. The van der Waals surface area contributed by atoms with E-state index in [4.69, 9.17) is 25.8 Å². The predicted octanol–water partition coefficient (Wildman–Crippen LogP) is 5.40. The van der Waals surface area contributed by atoms with Crippen molar-refractivity contribution in [3.05, 3.63) is 76.3 Å². The summed E-state index contributed by atoms with van der Waals surface area (Å²) in [6, 6.07) is 14.3.